The Balaban J connectivity index is 0.000001000. The number of aromatic nitrogens is 2. The lowest BCUT2D eigenvalue weighted by Crippen LogP contribution is -2.24. The Bertz CT molecular complexity index is 580. The molecule has 0 unspecified atom stereocenters. The Labute approximate surface area is 129 Å². The molecule has 1 aliphatic rings. The van der Waals surface area contributed by atoms with E-state index in [0.29, 0.717) is 5.69 Å². The summed E-state index contributed by atoms with van der Waals surface area (Å²) >= 11 is 0. The third-order valence-electron chi connectivity index (χ3n) is 2.97. The quantitative estimate of drug-likeness (QED) is 0.894. The van der Waals surface area contributed by atoms with Gasteiger partial charge in [-0.15, -0.1) is 24.8 Å². The molecule has 0 spiro atoms. The van der Waals surface area contributed by atoms with Gasteiger partial charge in [0.2, 0.25) is 0 Å². The zero-order valence-electron chi connectivity index (χ0n) is 10.6. The topological polar surface area (TPSA) is 49.8 Å². The number of hydrogen-bond donors (Lipinski definition) is 2. The summed E-state index contributed by atoms with van der Waals surface area (Å²) < 4.78 is 13.5. The largest absolute Gasteiger partial charge is 0.352 e. The lowest BCUT2D eigenvalue weighted by atomic mass is 10.1. The third-order valence-corrected chi connectivity index (χ3v) is 2.97. The van der Waals surface area contributed by atoms with Crippen molar-refractivity contribution in [2.24, 2.45) is 0 Å². The van der Waals surface area contributed by atoms with E-state index in [1.165, 1.54) is 11.8 Å². The van der Waals surface area contributed by atoms with E-state index in [9.17, 15) is 4.39 Å². The SMILES string of the molecule is Cl.Cl.Fc1cnccc1Nc1cnc2c(c1)CNCC2. The average Bonchev–Trinajstić information content (AvgIpc) is 2.41. The molecule has 0 radical (unpaired) electrons. The highest BCUT2D eigenvalue weighted by Crippen LogP contribution is 2.21. The second-order valence-corrected chi connectivity index (χ2v) is 4.24. The van der Waals surface area contributed by atoms with Gasteiger partial charge in [-0.3, -0.25) is 9.97 Å². The van der Waals surface area contributed by atoms with E-state index >= 15 is 0 Å². The van der Waals surface area contributed by atoms with E-state index in [1.807, 2.05) is 6.07 Å². The molecule has 3 heterocycles. The second kappa shape index (κ2) is 7.38. The fraction of sp³-hybridized carbons (Fsp3) is 0.231. The van der Waals surface area contributed by atoms with Crippen LogP contribution >= 0.6 is 24.8 Å². The van der Waals surface area contributed by atoms with E-state index < -0.39 is 0 Å². The third kappa shape index (κ3) is 3.56. The molecule has 0 saturated heterocycles. The van der Waals surface area contributed by atoms with E-state index in [1.54, 1.807) is 18.5 Å². The Morgan fingerprint density at radius 2 is 2.10 bits per heavy atom. The number of fused-ring (bicyclic) bond motifs is 1. The van der Waals surface area contributed by atoms with Crippen molar-refractivity contribution >= 4 is 36.2 Å². The molecule has 0 bridgehead atoms. The maximum atomic E-state index is 13.5. The predicted octanol–water partition coefficient (Wildman–Crippen LogP) is 2.85. The summed E-state index contributed by atoms with van der Waals surface area (Å²) in [5.41, 5.74) is 3.49. The van der Waals surface area contributed by atoms with Crippen molar-refractivity contribution in [3.63, 3.8) is 0 Å². The first-order valence-electron chi connectivity index (χ1n) is 5.88. The van der Waals surface area contributed by atoms with Gasteiger partial charge >= 0.3 is 0 Å². The van der Waals surface area contributed by atoms with Crippen molar-refractivity contribution in [2.45, 2.75) is 13.0 Å². The Kier molecular flexibility index (Phi) is 6.13. The molecule has 0 aliphatic carbocycles. The van der Waals surface area contributed by atoms with Crippen LogP contribution in [0.2, 0.25) is 0 Å². The summed E-state index contributed by atoms with van der Waals surface area (Å²) in [6.45, 7) is 1.78. The first-order valence-corrected chi connectivity index (χ1v) is 5.88. The minimum absolute atomic E-state index is 0. The maximum absolute atomic E-state index is 13.5. The molecule has 0 saturated carbocycles. The molecule has 0 aromatic carbocycles. The Morgan fingerprint density at radius 3 is 2.90 bits per heavy atom. The summed E-state index contributed by atoms with van der Waals surface area (Å²) in [5.74, 6) is -0.367. The molecule has 20 heavy (non-hydrogen) atoms. The van der Waals surface area contributed by atoms with Gasteiger partial charge in [0, 0.05) is 31.4 Å². The summed E-state index contributed by atoms with van der Waals surface area (Å²) in [6.07, 6.45) is 5.43. The molecule has 108 valence electrons. The molecule has 2 aromatic heterocycles. The standard InChI is InChI=1S/C13H13FN4.2ClH/c14-11-8-16-4-2-13(11)18-10-5-9-6-15-3-1-12(9)17-7-10;;/h2,4-5,7-8,15H,1,3,6H2,(H,16,18);2*1H. The van der Waals surface area contributed by atoms with Crippen molar-refractivity contribution in [1.29, 1.82) is 0 Å². The van der Waals surface area contributed by atoms with Gasteiger partial charge < -0.3 is 10.6 Å². The van der Waals surface area contributed by atoms with Crippen LogP contribution in [-0.2, 0) is 13.0 Å². The van der Waals surface area contributed by atoms with Crippen LogP contribution in [0.3, 0.4) is 0 Å². The lowest BCUT2D eigenvalue weighted by Gasteiger charge is -2.17. The van der Waals surface area contributed by atoms with Crippen LogP contribution in [0.25, 0.3) is 0 Å². The molecule has 2 N–H and O–H groups in total. The Hall–Kier alpha value is -1.43. The van der Waals surface area contributed by atoms with Gasteiger partial charge in [0.15, 0.2) is 5.82 Å². The number of rotatable bonds is 2. The molecular weight excluding hydrogens is 302 g/mol. The summed E-state index contributed by atoms with van der Waals surface area (Å²) in [4.78, 5) is 8.12. The first kappa shape index (κ1) is 16.6. The lowest BCUT2D eigenvalue weighted by molar-refractivity contribution is 0.625. The zero-order valence-corrected chi connectivity index (χ0v) is 12.2. The van der Waals surface area contributed by atoms with Gasteiger partial charge in [0.25, 0.3) is 0 Å². The van der Waals surface area contributed by atoms with Crippen LogP contribution in [0.5, 0.6) is 0 Å². The highest BCUT2D eigenvalue weighted by Gasteiger charge is 2.11. The van der Waals surface area contributed by atoms with Crippen LogP contribution < -0.4 is 10.6 Å². The maximum Gasteiger partial charge on any atom is 0.164 e. The molecule has 0 amide bonds. The minimum Gasteiger partial charge on any atom is -0.352 e. The van der Waals surface area contributed by atoms with Crippen molar-refractivity contribution in [3.05, 3.63) is 47.8 Å². The van der Waals surface area contributed by atoms with Crippen molar-refractivity contribution in [3.8, 4) is 0 Å². The average molecular weight is 317 g/mol. The van der Waals surface area contributed by atoms with Crippen LogP contribution in [0, 0.1) is 5.82 Å². The number of nitrogens with one attached hydrogen (secondary N) is 2. The monoisotopic (exact) mass is 316 g/mol. The van der Waals surface area contributed by atoms with Gasteiger partial charge in [-0.25, -0.2) is 4.39 Å². The number of nitrogens with zero attached hydrogens (tertiary/aromatic N) is 2. The van der Waals surface area contributed by atoms with E-state index in [2.05, 4.69) is 20.6 Å². The summed E-state index contributed by atoms with van der Waals surface area (Å²) in [6, 6.07) is 3.61. The Morgan fingerprint density at radius 1 is 1.25 bits per heavy atom. The van der Waals surface area contributed by atoms with Crippen LogP contribution in [-0.4, -0.2) is 16.5 Å². The molecule has 0 fully saturated rings. The summed E-state index contributed by atoms with van der Waals surface area (Å²) in [5, 5.41) is 6.31. The fourth-order valence-corrected chi connectivity index (χ4v) is 2.05. The first-order chi connectivity index (χ1) is 8.83. The molecule has 3 rings (SSSR count). The molecule has 4 nitrogen and oxygen atoms in total. The van der Waals surface area contributed by atoms with Gasteiger partial charge in [-0.05, 0) is 17.7 Å². The van der Waals surface area contributed by atoms with Gasteiger partial charge in [0.05, 0.1) is 23.8 Å². The normalized spacial score (nSPS) is 12.7. The zero-order chi connectivity index (χ0) is 12.4. The van der Waals surface area contributed by atoms with Gasteiger partial charge in [-0.2, -0.15) is 0 Å². The van der Waals surface area contributed by atoms with Gasteiger partial charge in [0.1, 0.15) is 0 Å². The highest BCUT2D eigenvalue weighted by molar-refractivity contribution is 5.85. The predicted molar refractivity (Wildman–Crippen MR) is 81.6 cm³/mol. The molecule has 2 aromatic rings. The summed E-state index contributed by atoms with van der Waals surface area (Å²) in [7, 11) is 0. The number of pyridine rings is 2. The number of hydrogen-bond acceptors (Lipinski definition) is 4. The van der Waals surface area contributed by atoms with E-state index in [4.69, 9.17) is 0 Å². The van der Waals surface area contributed by atoms with E-state index in [-0.39, 0.29) is 30.6 Å². The number of anilines is 2. The van der Waals surface area contributed by atoms with Crippen LogP contribution in [0.4, 0.5) is 15.8 Å². The molecule has 1 aliphatic heterocycles. The molecular formula is C13H15Cl2FN4. The minimum atomic E-state index is -0.367. The second-order valence-electron chi connectivity index (χ2n) is 4.24. The highest BCUT2D eigenvalue weighted by atomic mass is 35.5. The van der Waals surface area contributed by atoms with Crippen molar-refractivity contribution in [1.82, 2.24) is 15.3 Å². The molecule has 7 heteroatoms. The van der Waals surface area contributed by atoms with Crippen LogP contribution in [0.1, 0.15) is 11.3 Å². The smallest absolute Gasteiger partial charge is 0.164 e. The fourth-order valence-electron chi connectivity index (χ4n) is 2.05. The van der Waals surface area contributed by atoms with E-state index in [0.717, 1.165) is 30.9 Å². The number of halogens is 3. The van der Waals surface area contributed by atoms with Crippen molar-refractivity contribution in [2.75, 3.05) is 11.9 Å². The van der Waals surface area contributed by atoms with Crippen molar-refractivity contribution < 1.29 is 4.39 Å². The van der Waals surface area contributed by atoms with Gasteiger partial charge in [-0.1, -0.05) is 0 Å². The molecule has 0 atom stereocenters. The van der Waals surface area contributed by atoms with Crippen LogP contribution in [0.15, 0.2) is 30.7 Å².